The summed E-state index contributed by atoms with van der Waals surface area (Å²) >= 11 is 1.61. The third-order valence-corrected chi connectivity index (χ3v) is 3.66. The molecule has 0 heterocycles. The minimum Gasteiger partial charge on any atom is -0.258 e. The molecule has 0 bridgehead atoms. The Bertz CT molecular complexity index is 552. The maximum atomic E-state index is 10.9. The van der Waals surface area contributed by atoms with Crippen LogP contribution in [-0.2, 0) is 5.75 Å². The van der Waals surface area contributed by atoms with E-state index in [-0.39, 0.29) is 10.6 Å². The standard InChI is InChI=1S/C14H13NO2S/c1-11-6-8-13(9-7-11)18-10-12-4-2-3-5-14(12)15(16)17/h2-9H,10H2,1H3. The highest BCUT2D eigenvalue weighted by atomic mass is 32.2. The maximum absolute atomic E-state index is 10.9. The number of benzene rings is 2. The predicted octanol–water partition coefficient (Wildman–Crippen LogP) is 4.20. The Labute approximate surface area is 110 Å². The molecule has 0 spiro atoms. The molecule has 0 aliphatic rings. The summed E-state index contributed by atoms with van der Waals surface area (Å²) < 4.78 is 0. The van der Waals surface area contributed by atoms with Crippen LogP contribution in [0.2, 0.25) is 0 Å². The average Bonchev–Trinajstić information content (AvgIpc) is 2.38. The lowest BCUT2D eigenvalue weighted by Gasteiger charge is -2.03. The summed E-state index contributed by atoms with van der Waals surface area (Å²) in [6, 6.07) is 15.0. The summed E-state index contributed by atoms with van der Waals surface area (Å²) in [7, 11) is 0. The Hall–Kier alpha value is -1.81. The maximum Gasteiger partial charge on any atom is 0.273 e. The number of thioether (sulfide) groups is 1. The molecule has 2 aromatic carbocycles. The first-order chi connectivity index (χ1) is 8.66. The van der Waals surface area contributed by atoms with Crippen LogP contribution in [-0.4, -0.2) is 4.92 Å². The molecule has 92 valence electrons. The highest BCUT2D eigenvalue weighted by Gasteiger charge is 2.11. The molecular formula is C14H13NO2S. The molecule has 4 heteroatoms. The first-order valence-corrected chi connectivity index (χ1v) is 6.57. The molecule has 18 heavy (non-hydrogen) atoms. The number of nitro groups is 1. The van der Waals surface area contributed by atoms with Crippen LogP contribution in [0.25, 0.3) is 0 Å². The normalized spacial score (nSPS) is 10.3. The lowest BCUT2D eigenvalue weighted by Crippen LogP contribution is -1.93. The molecule has 2 rings (SSSR count). The monoisotopic (exact) mass is 259 g/mol. The molecule has 2 aromatic rings. The minimum absolute atomic E-state index is 0.192. The molecule has 0 N–H and O–H groups in total. The van der Waals surface area contributed by atoms with Gasteiger partial charge in [0.1, 0.15) is 0 Å². The number of aryl methyl sites for hydroxylation is 1. The van der Waals surface area contributed by atoms with E-state index in [2.05, 4.69) is 0 Å². The van der Waals surface area contributed by atoms with Crippen LogP contribution < -0.4 is 0 Å². The zero-order valence-electron chi connectivity index (χ0n) is 10.00. The Morgan fingerprint density at radius 2 is 1.78 bits per heavy atom. The number of hydrogen-bond acceptors (Lipinski definition) is 3. The van der Waals surface area contributed by atoms with Crippen molar-refractivity contribution in [3.63, 3.8) is 0 Å². The van der Waals surface area contributed by atoms with Gasteiger partial charge >= 0.3 is 0 Å². The fourth-order valence-electron chi connectivity index (χ4n) is 1.61. The number of hydrogen-bond donors (Lipinski definition) is 0. The van der Waals surface area contributed by atoms with Crippen LogP contribution in [0.5, 0.6) is 0 Å². The molecule has 0 atom stereocenters. The molecule has 0 aliphatic heterocycles. The van der Waals surface area contributed by atoms with Crippen molar-refractivity contribution in [1.29, 1.82) is 0 Å². The third-order valence-electron chi connectivity index (χ3n) is 2.60. The van der Waals surface area contributed by atoms with Crippen LogP contribution in [0.15, 0.2) is 53.4 Å². The van der Waals surface area contributed by atoms with Gasteiger partial charge in [0.15, 0.2) is 0 Å². The second-order valence-electron chi connectivity index (χ2n) is 3.99. The van der Waals surface area contributed by atoms with Gasteiger partial charge in [0.2, 0.25) is 0 Å². The summed E-state index contributed by atoms with van der Waals surface area (Å²) in [6.45, 7) is 2.04. The van der Waals surface area contributed by atoms with Crippen molar-refractivity contribution in [2.75, 3.05) is 0 Å². The van der Waals surface area contributed by atoms with Gasteiger partial charge in [-0.15, -0.1) is 11.8 Å². The van der Waals surface area contributed by atoms with Gasteiger partial charge in [0.25, 0.3) is 5.69 Å². The fraction of sp³-hybridized carbons (Fsp3) is 0.143. The quantitative estimate of drug-likeness (QED) is 0.469. The number of para-hydroxylation sites is 1. The molecular weight excluding hydrogens is 246 g/mol. The van der Waals surface area contributed by atoms with Gasteiger partial charge in [-0.3, -0.25) is 10.1 Å². The fourth-order valence-corrected chi connectivity index (χ4v) is 2.50. The van der Waals surface area contributed by atoms with E-state index in [4.69, 9.17) is 0 Å². The van der Waals surface area contributed by atoms with Crippen molar-refractivity contribution in [1.82, 2.24) is 0 Å². The van der Waals surface area contributed by atoms with E-state index < -0.39 is 0 Å². The molecule has 0 aromatic heterocycles. The van der Waals surface area contributed by atoms with Crippen LogP contribution in [0.3, 0.4) is 0 Å². The van der Waals surface area contributed by atoms with E-state index in [1.54, 1.807) is 30.0 Å². The lowest BCUT2D eigenvalue weighted by molar-refractivity contribution is -0.385. The van der Waals surface area contributed by atoms with E-state index in [9.17, 15) is 10.1 Å². The molecule has 0 unspecified atom stereocenters. The van der Waals surface area contributed by atoms with Gasteiger partial charge in [-0.2, -0.15) is 0 Å². The van der Waals surface area contributed by atoms with Gasteiger partial charge in [0.05, 0.1) is 4.92 Å². The topological polar surface area (TPSA) is 43.1 Å². The van der Waals surface area contributed by atoms with Gasteiger partial charge in [-0.1, -0.05) is 35.9 Å². The van der Waals surface area contributed by atoms with Gasteiger partial charge < -0.3 is 0 Å². The zero-order valence-corrected chi connectivity index (χ0v) is 10.8. The Balaban J connectivity index is 2.10. The summed E-state index contributed by atoms with van der Waals surface area (Å²) in [5.41, 5.74) is 2.16. The van der Waals surface area contributed by atoms with Gasteiger partial charge in [-0.25, -0.2) is 0 Å². The molecule has 0 saturated carbocycles. The van der Waals surface area contributed by atoms with Crippen LogP contribution in [0.4, 0.5) is 5.69 Å². The highest BCUT2D eigenvalue weighted by molar-refractivity contribution is 7.98. The summed E-state index contributed by atoms with van der Waals surface area (Å²) in [4.78, 5) is 11.7. The molecule has 0 fully saturated rings. The van der Waals surface area contributed by atoms with Crippen molar-refractivity contribution in [3.05, 3.63) is 69.8 Å². The van der Waals surface area contributed by atoms with Crippen molar-refractivity contribution < 1.29 is 4.92 Å². The van der Waals surface area contributed by atoms with E-state index in [0.717, 1.165) is 10.5 Å². The number of nitro benzene ring substituents is 1. The van der Waals surface area contributed by atoms with Crippen LogP contribution >= 0.6 is 11.8 Å². The van der Waals surface area contributed by atoms with Gasteiger partial charge in [0, 0.05) is 22.3 Å². The summed E-state index contributed by atoms with van der Waals surface area (Å²) in [6.07, 6.45) is 0. The Kier molecular flexibility index (Phi) is 3.99. The van der Waals surface area contributed by atoms with Gasteiger partial charge in [-0.05, 0) is 19.1 Å². The number of rotatable bonds is 4. The SMILES string of the molecule is Cc1ccc(SCc2ccccc2[N+](=O)[O-])cc1. The second kappa shape index (κ2) is 5.69. The van der Waals surface area contributed by atoms with Crippen molar-refractivity contribution in [3.8, 4) is 0 Å². The molecule has 0 amide bonds. The van der Waals surface area contributed by atoms with E-state index in [0.29, 0.717) is 5.75 Å². The van der Waals surface area contributed by atoms with E-state index in [1.165, 1.54) is 5.56 Å². The largest absolute Gasteiger partial charge is 0.273 e. The van der Waals surface area contributed by atoms with Crippen LogP contribution in [0.1, 0.15) is 11.1 Å². The molecule has 0 radical (unpaired) electrons. The van der Waals surface area contributed by atoms with E-state index in [1.807, 2.05) is 37.3 Å². The first-order valence-electron chi connectivity index (χ1n) is 5.58. The minimum atomic E-state index is -0.328. The highest BCUT2D eigenvalue weighted by Crippen LogP contribution is 2.27. The van der Waals surface area contributed by atoms with Crippen molar-refractivity contribution >= 4 is 17.4 Å². The Morgan fingerprint density at radius 3 is 2.44 bits per heavy atom. The van der Waals surface area contributed by atoms with Crippen LogP contribution in [0, 0.1) is 17.0 Å². The summed E-state index contributed by atoms with van der Waals surface area (Å²) in [5.74, 6) is 0.611. The molecule has 0 saturated heterocycles. The predicted molar refractivity (Wildman–Crippen MR) is 73.8 cm³/mol. The Morgan fingerprint density at radius 1 is 1.11 bits per heavy atom. The van der Waals surface area contributed by atoms with E-state index >= 15 is 0 Å². The van der Waals surface area contributed by atoms with Crippen molar-refractivity contribution in [2.45, 2.75) is 17.6 Å². The third kappa shape index (κ3) is 3.11. The number of nitrogens with zero attached hydrogens (tertiary/aromatic N) is 1. The molecule has 0 aliphatic carbocycles. The average molecular weight is 259 g/mol. The second-order valence-corrected chi connectivity index (χ2v) is 5.04. The zero-order chi connectivity index (χ0) is 13.0. The lowest BCUT2D eigenvalue weighted by atomic mass is 10.2. The smallest absolute Gasteiger partial charge is 0.258 e. The summed E-state index contributed by atoms with van der Waals surface area (Å²) in [5, 5.41) is 10.9. The first kappa shape index (κ1) is 12.6. The van der Waals surface area contributed by atoms with Crippen molar-refractivity contribution in [2.24, 2.45) is 0 Å². The molecule has 3 nitrogen and oxygen atoms in total.